The van der Waals surface area contributed by atoms with Crippen molar-refractivity contribution in [2.24, 2.45) is 0 Å². The van der Waals surface area contributed by atoms with Gasteiger partial charge in [-0.1, -0.05) is 0 Å². The van der Waals surface area contributed by atoms with Gasteiger partial charge in [-0.25, -0.2) is 15.0 Å². The molecule has 0 spiro atoms. The number of hydrogen-bond acceptors (Lipinski definition) is 6. The summed E-state index contributed by atoms with van der Waals surface area (Å²) in [7, 11) is 0. The maximum Gasteiger partial charge on any atom is 0.160 e. The SMILES string of the molecule is Brc1cc(NCc2cn3cc(C4CC4)cc(N4CCN(C5CC5)CC4)c3n2)ncn1. The maximum absolute atomic E-state index is 5.00. The molecule has 1 saturated heterocycles. The van der Waals surface area contributed by atoms with E-state index < -0.39 is 0 Å². The number of halogens is 1. The largest absolute Gasteiger partial charge is 0.366 e. The number of piperazine rings is 1. The molecule has 156 valence electrons. The summed E-state index contributed by atoms with van der Waals surface area (Å²) in [4.78, 5) is 18.6. The van der Waals surface area contributed by atoms with E-state index in [1.165, 1.54) is 50.0 Å². The molecule has 3 aromatic heterocycles. The fourth-order valence-corrected chi connectivity index (χ4v) is 4.80. The van der Waals surface area contributed by atoms with Crippen LogP contribution in [-0.4, -0.2) is 56.5 Å². The summed E-state index contributed by atoms with van der Waals surface area (Å²) in [6, 6.07) is 5.15. The van der Waals surface area contributed by atoms with E-state index in [-0.39, 0.29) is 0 Å². The highest BCUT2D eigenvalue weighted by Crippen LogP contribution is 2.42. The quantitative estimate of drug-likeness (QED) is 0.558. The molecule has 1 N–H and O–H groups in total. The average molecular weight is 468 g/mol. The fraction of sp³-hybridized carbons (Fsp3) is 0.500. The van der Waals surface area contributed by atoms with Gasteiger partial charge in [0, 0.05) is 50.7 Å². The Kier molecular flexibility index (Phi) is 4.64. The van der Waals surface area contributed by atoms with Crippen molar-refractivity contribution in [1.82, 2.24) is 24.3 Å². The van der Waals surface area contributed by atoms with Crippen LogP contribution in [0.2, 0.25) is 0 Å². The lowest BCUT2D eigenvalue weighted by molar-refractivity contribution is 0.248. The van der Waals surface area contributed by atoms with E-state index >= 15 is 0 Å². The first kappa shape index (κ1) is 18.6. The number of nitrogens with zero attached hydrogens (tertiary/aromatic N) is 6. The van der Waals surface area contributed by atoms with Crippen LogP contribution in [0, 0.1) is 0 Å². The molecule has 30 heavy (non-hydrogen) atoms. The Hall–Kier alpha value is -2.19. The van der Waals surface area contributed by atoms with Crippen LogP contribution in [0.15, 0.2) is 35.5 Å². The molecule has 3 aromatic rings. The van der Waals surface area contributed by atoms with Gasteiger partial charge in [-0.15, -0.1) is 0 Å². The molecular formula is C22H26BrN7. The predicted octanol–water partition coefficient (Wildman–Crippen LogP) is 3.66. The summed E-state index contributed by atoms with van der Waals surface area (Å²) in [5.74, 6) is 1.52. The zero-order chi connectivity index (χ0) is 20.1. The first-order chi connectivity index (χ1) is 14.7. The summed E-state index contributed by atoms with van der Waals surface area (Å²) in [6.45, 7) is 5.16. The van der Waals surface area contributed by atoms with Gasteiger partial charge >= 0.3 is 0 Å². The summed E-state index contributed by atoms with van der Waals surface area (Å²) in [5, 5.41) is 3.36. The van der Waals surface area contributed by atoms with E-state index in [0.717, 1.165) is 46.8 Å². The van der Waals surface area contributed by atoms with Crippen molar-refractivity contribution in [3.63, 3.8) is 0 Å². The Bertz CT molecular complexity index is 1060. The van der Waals surface area contributed by atoms with Gasteiger partial charge in [-0.3, -0.25) is 4.90 Å². The number of aromatic nitrogens is 4. The molecule has 0 amide bonds. The van der Waals surface area contributed by atoms with Crippen LogP contribution in [0.25, 0.3) is 5.65 Å². The zero-order valence-corrected chi connectivity index (χ0v) is 18.6. The minimum Gasteiger partial charge on any atom is -0.366 e. The first-order valence-corrected chi connectivity index (χ1v) is 11.7. The van der Waals surface area contributed by atoms with Gasteiger partial charge in [0.25, 0.3) is 0 Å². The van der Waals surface area contributed by atoms with E-state index in [4.69, 9.17) is 4.98 Å². The number of pyridine rings is 1. The monoisotopic (exact) mass is 467 g/mol. The smallest absolute Gasteiger partial charge is 0.160 e. The lowest BCUT2D eigenvalue weighted by Gasteiger charge is -2.36. The summed E-state index contributed by atoms with van der Waals surface area (Å²) < 4.78 is 3.01. The highest BCUT2D eigenvalue weighted by Gasteiger charge is 2.32. The van der Waals surface area contributed by atoms with E-state index in [9.17, 15) is 0 Å². The van der Waals surface area contributed by atoms with Crippen LogP contribution in [0.4, 0.5) is 11.5 Å². The van der Waals surface area contributed by atoms with Crippen LogP contribution in [0.3, 0.4) is 0 Å². The normalized spacial score (nSPS) is 20.1. The summed E-state index contributed by atoms with van der Waals surface area (Å²) in [5.41, 5.74) is 4.85. The summed E-state index contributed by atoms with van der Waals surface area (Å²) >= 11 is 3.39. The number of nitrogens with one attached hydrogen (secondary N) is 1. The molecule has 7 nitrogen and oxygen atoms in total. The Morgan fingerprint density at radius 1 is 1.00 bits per heavy atom. The van der Waals surface area contributed by atoms with Gasteiger partial charge in [-0.2, -0.15) is 0 Å². The number of imidazole rings is 1. The predicted molar refractivity (Wildman–Crippen MR) is 121 cm³/mol. The molecule has 4 heterocycles. The minimum atomic E-state index is 0.638. The van der Waals surface area contributed by atoms with E-state index in [1.807, 2.05) is 6.07 Å². The molecule has 2 saturated carbocycles. The van der Waals surface area contributed by atoms with Crippen molar-refractivity contribution in [2.75, 3.05) is 36.4 Å². The molecule has 3 aliphatic rings. The fourth-order valence-electron chi connectivity index (χ4n) is 4.49. The van der Waals surface area contributed by atoms with Crippen LogP contribution in [0.5, 0.6) is 0 Å². The van der Waals surface area contributed by atoms with Gasteiger partial charge < -0.3 is 14.6 Å². The summed E-state index contributed by atoms with van der Waals surface area (Å²) in [6.07, 6.45) is 11.4. The second-order valence-corrected chi connectivity index (χ2v) is 9.54. The van der Waals surface area contributed by atoms with Crippen molar-refractivity contribution in [1.29, 1.82) is 0 Å². The molecule has 3 fully saturated rings. The van der Waals surface area contributed by atoms with Crippen LogP contribution < -0.4 is 10.2 Å². The molecule has 0 atom stereocenters. The zero-order valence-electron chi connectivity index (χ0n) is 17.0. The van der Waals surface area contributed by atoms with Gasteiger partial charge in [0.15, 0.2) is 5.65 Å². The highest BCUT2D eigenvalue weighted by molar-refractivity contribution is 9.10. The number of rotatable bonds is 6. The molecule has 0 aromatic carbocycles. The van der Waals surface area contributed by atoms with E-state index in [1.54, 1.807) is 6.33 Å². The Morgan fingerprint density at radius 3 is 2.57 bits per heavy atom. The molecule has 6 rings (SSSR count). The third-order valence-electron chi connectivity index (χ3n) is 6.45. The molecule has 1 aliphatic heterocycles. The topological polar surface area (TPSA) is 61.6 Å². The standard InChI is InChI=1S/C22H26BrN7/c23-20-10-21(26-14-25-20)24-11-17-13-30-12-16(15-1-2-15)9-19(22(30)27-17)29-7-5-28(6-8-29)18-3-4-18/h9-10,12-15,18H,1-8,11H2,(H,24,25,26). The van der Waals surface area contributed by atoms with Crippen molar-refractivity contribution < 1.29 is 0 Å². The van der Waals surface area contributed by atoms with E-state index in [2.05, 4.69) is 63.9 Å². The average Bonchev–Trinajstić information content (AvgIpc) is 3.68. The Labute approximate surface area is 184 Å². The molecule has 8 heteroatoms. The van der Waals surface area contributed by atoms with Gasteiger partial charge in [-0.05, 0) is 59.2 Å². The second kappa shape index (κ2) is 7.50. The Balaban J connectivity index is 1.27. The number of fused-ring (bicyclic) bond motifs is 1. The lowest BCUT2D eigenvalue weighted by Crippen LogP contribution is -2.47. The highest BCUT2D eigenvalue weighted by atomic mass is 79.9. The van der Waals surface area contributed by atoms with Gasteiger partial charge in [0.2, 0.25) is 0 Å². The van der Waals surface area contributed by atoms with Crippen molar-refractivity contribution in [3.05, 3.63) is 46.7 Å². The van der Waals surface area contributed by atoms with Crippen LogP contribution >= 0.6 is 15.9 Å². The number of hydrogen-bond donors (Lipinski definition) is 1. The van der Waals surface area contributed by atoms with Crippen molar-refractivity contribution in [2.45, 2.75) is 44.2 Å². The van der Waals surface area contributed by atoms with Gasteiger partial charge in [0.1, 0.15) is 16.7 Å². The van der Waals surface area contributed by atoms with Crippen LogP contribution in [-0.2, 0) is 6.54 Å². The van der Waals surface area contributed by atoms with Gasteiger partial charge in [0.05, 0.1) is 17.9 Å². The molecule has 0 radical (unpaired) electrons. The van der Waals surface area contributed by atoms with Crippen molar-refractivity contribution in [3.8, 4) is 0 Å². The first-order valence-electron chi connectivity index (χ1n) is 10.9. The van der Waals surface area contributed by atoms with Crippen LogP contribution in [0.1, 0.15) is 42.9 Å². The lowest BCUT2D eigenvalue weighted by atomic mass is 10.1. The molecule has 0 unspecified atom stereocenters. The van der Waals surface area contributed by atoms with E-state index in [0.29, 0.717) is 6.54 Å². The van der Waals surface area contributed by atoms with Crippen molar-refractivity contribution >= 4 is 33.1 Å². The molecule has 0 bridgehead atoms. The molecular weight excluding hydrogens is 442 g/mol. The molecule has 2 aliphatic carbocycles. The number of anilines is 2. The maximum atomic E-state index is 5.00. The third-order valence-corrected chi connectivity index (χ3v) is 6.89. The third kappa shape index (κ3) is 3.78. The Morgan fingerprint density at radius 2 is 1.83 bits per heavy atom. The second-order valence-electron chi connectivity index (χ2n) is 8.73. The minimum absolute atomic E-state index is 0.638.